The van der Waals surface area contributed by atoms with E-state index in [-0.39, 0.29) is 5.78 Å². The minimum atomic E-state index is -0.0661. The van der Waals surface area contributed by atoms with Crippen LogP contribution in [0, 0.1) is 0 Å². The van der Waals surface area contributed by atoms with Crippen molar-refractivity contribution < 1.29 is 4.79 Å². The van der Waals surface area contributed by atoms with Crippen molar-refractivity contribution in [2.45, 2.75) is 0 Å². The zero-order valence-corrected chi connectivity index (χ0v) is 7.64. The molecule has 0 aromatic carbocycles. The lowest BCUT2D eigenvalue weighted by atomic mass is 10.2. The van der Waals surface area contributed by atoms with Crippen LogP contribution < -0.4 is 0 Å². The zero-order valence-electron chi connectivity index (χ0n) is 7.64. The molecule has 0 radical (unpaired) electrons. The van der Waals surface area contributed by atoms with Crippen molar-refractivity contribution in [1.29, 1.82) is 0 Å². The fourth-order valence-corrected chi connectivity index (χ4v) is 0.749. The molecule has 0 N–H and O–H groups in total. The monoisotopic (exact) mass is 177 g/mol. The van der Waals surface area contributed by atoms with Gasteiger partial charge in [0.15, 0.2) is 5.78 Å². The molecular weight excluding hydrogens is 166 g/mol. The number of hydrogen-bond acceptors (Lipinski definition) is 4. The average molecular weight is 177 g/mol. The van der Waals surface area contributed by atoms with Gasteiger partial charge in [0.2, 0.25) is 0 Å². The number of nitrogens with zero attached hydrogens (tertiary/aromatic N) is 3. The van der Waals surface area contributed by atoms with Crippen LogP contribution in [0.3, 0.4) is 0 Å². The first-order chi connectivity index (χ1) is 6.20. The molecule has 0 spiro atoms. The van der Waals surface area contributed by atoms with Crippen LogP contribution in [0.2, 0.25) is 0 Å². The highest BCUT2D eigenvalue weighted by Crippen LogP contribution is 1.97. The number of aromatic nitrogens is 2. The smallest absolute Gasteiger partial charge is 0.188 e. The molecule has 0 atom stereocenters. The molecule has 1 rings (SSSR count). The molecule has 1 aromatic heterocycles. The highest BCUT2D eigenvalue weighted by atomic mass is 16.1. The maximum atomic E-state index is 11.4. The topological polar surface area (TPSA) is 46.1 Å². The Labute approximate surface area is 76.9 Å². The van der Waals surface area contributed by atoms with Crippen molar-refractivity contribution in [3.05, 3.63) is 36.3 Å². The van der Waals surface area contributed by atoms with Gasteiger partial charge in [-0.3, -0.25) is 4.79 Å². The number of carbonyl (C=O) groups is 1. The first-order valence-corrected chi connectivity index (χ1v) is 3.86. The molecule has 0 bridgehead atoms. The highest BCUT2D eigenvalue weighted by Gasteiger charge is 1.99. The average Bonchev–Trinajstić information content (AvgIpc) is 2.15. The summed E-state index contributed by atoms with van der Waals surface area (Å²) in [5, 5.41) is 7.20. The molecule has 4 nitrogen and oxygen atoms in total. The minimum Gasteiger partial charge on any atom is -0.383 e. The molecule has 0 fully saturated rings. The molecule has 13 heavy (non-hydrogen) atoms. The summed E-state index contributed by atoms with van der Waals surface area (Å²) in [4.78, 5) is 13.2. The van der Waals surface area contributed by atoms with Crippen LogP contribution in [0.25, 0.3) is 0 Å². The van der Waals surface area contributed by atoms with E-state index in [0.717, 1.165) is 0 Å². The normalized spacial score (nSPS) is 10.3. The van der Waals surface area contributed by atoms with Crippen LogP contribution in [0.15, 0.2) is 30.7 Å². The SMILES string of the molecule is CN(C)/C=C/C(=O)c1ccnnc1. The highest BCUT2D eigenvalue weighted by molar-refractivity contribution is 6.04. The number of ketones is 1. The van der Waals surface area contributed by atoms with Crippen LogP contribution in [0.5, 0.6) is 0 Å². The van der Waals surface area contributed by atoms with E-state index >= 15 is 0 Å². The van der Waals surface area contributed by atoms with E-state index in [9.17, 15) is 4.79 Å². The van der Waals surface area contributed by atoms with Gasteiger partial charge in [-0.15, -0.1) is 0 Å². The Morgan fingerprint density at radius 1 is 1.46 bits per heavy atom. The standard InChI is InChI=1S/C9H11N3O/c1-12(2)6-4-9(13)8-3-5-10-11-7-8/h3-7H,1-2H3/b6-4+. The lowest BCUT2D eigenvalue weighted by molar-refractivity contribution is 0.104. The number of hydrogen-bond donors (Lipinski definition) is 0. The fourth-order valence-electron chi connectivity index (χ4n) is 0.749. The lowest BCUT2D eigenvalue weighted by Crippen LogP contribution is -2.03. The molecule has 0 unspecified atom stereocenters. The fraction of sp³-hybridized carbons (Fsp3) is 0.222. The van der Waals surface area contributed by atoms with E-state index < -0.39 is 0 Å². The van der Waals surface area contributed by atoms with Crippen molar-refractivity contribution in [3.63, 3.8) is 0 Å². The predicted octanol–water partition coefficient (Wildman–Crippen LogP) is 0.735. The molecule has 0 saturated heterocycles. The van der Waals surface area contributed by atoms with E-state index in [1.54, 1.807) is 17.2 Å². The van der Waals surface area contributed by atoms with Gasteiger partial charge in [-0.05, 0) is 6.07 Å². The first-order valence-electron chi connectivity index (χ1n) is 3.86. The molecule has 0 aliphatic heterocycles. The van der Waals surface area contributed by atoms with Crippen molar-refractivity contribution in [2.75, 3.05) is 14.1 Å². The molecule has 4 heteroatoms. The first kappa shape index (κ1) is 9.38. The van der Waals surface area contributed by atoms with Gasteiger partial charge in [0.1, 0.15) is 0 Å². The van der Waals surface area contributed by atoms with E-state index in [4.69, 9.17) is 0 Å². The summed E-state index contributed by atoms with van der Waals surface area (Å²) in [5.41, 5.74) is 0.549. The number of allylic oxidation sites excluding steroid dienone is 1. The second-order valence-corrected chi connectivity index (χ2v) is 2.77. The summed E-state index contributed by atoms with van der Waals surface area (Å²) in [6, 6.07) is 1.63. The van der Waals surface area contributed by atoms with Crippen LogP contribution in [0.4, 0.5) is 0 Å². The third-order valence-corrected chi connectivity index (χ3v) is 1.39. The van der Waals surface area contributed by atoms with Crippen molar-refractivity contribution in [3.8, 4) is 0 Å². The second-order valence-electron chi connectivity index (χ2n) is 2.77. The quantitative estimate of drug-likeness (QED) is 0.504. The van der Waals surface area contributed by atoms with Crippen LogP contribution in [-0.2, 0) is 0 Å². The van der Waals surface area contributed by atoms with Crippen molar-refractivity contribution in [1.82, 2.24) is 15.1 Å². The summed E-state index contributed by atoms with van der Waals surface area (Å²) >= 11 is 0. The largest absolute Gasteiger partial charge is 0.383 e. The number of carbonyl (C=O) groups excluding carboxylic acids is 1. The van der Waals surface area contributed by atoms with Gasteiger partial charge in [-0.2, -0.15) is 10.2 Å². The van der Waals surface area contributed by atoms with E-state index in [0.29, 0.717) is 5.56 Å². The van der Waals surface area contributed by atoms with Crippen LogP contribution in [-0.4, -0.2) is 35.0 Å². The Balaban J connectivity index is 2.70. The van der Waals surface area contributed by atoms with E-state index in [2.05, 4.69) is 10.2 Å². The van der Waals surface area contributed by atoms with Gasteiger partial charge in [0.25, 0.3) is 0 Å². The maximum absolute atomic E-state index is 11.4. The summed E-state index contributed by atoms with van der Waals surface area (Å²) < 4.78 is 0. The summed E-state index contributed by atoms with van der Waals surface area (Å²) in [7, 11) is 3.71. The molecule has 0 aliphatic carbocycles. The van der Waals surface area contributed by atoms with Gasteiger partial charge in [0.05, 0.1) is 12.4 Å². The van der Waals surface area contributed by atoms with Gasteiger partial charge in [-0.25, -0.2) is 0 Å². The van der Waals surface area contributed by atoms with Gasteiger partial charge >= 0.3 is 0 Å². The van der Waals surface area contributed by atoms with Gasteiger partial charge in [0, 0.05) is 31.9 Å². The Morgan fingerprint density at radius 2 is 2.23 bits per heavy atom. The number of rotatable bonds is 3. The Morgan fingerprint density at radius 3 is 2.77 bits per heavy atom. The Bertz CT molecular complexity index is 306. The van der Waals surface area contributed by atoms with Crippen molar-refractivity contribution in [2.24, 2.45) is 0 Å². The van der Waals surface area contributed by atoms with E-state index in [1.807, 2.05) is 14.1 Å². The molecular formula is C9H11N3O. The molecule has 1 heterocycles. The second kappa shape index (κ2) is 4.35. The van der Waals surface area contributed by atoms with Gasteiger partial charge < -0.3 is 4.90 Å². The zero-order chi connectivity index (χ0) is 9.68. The molecule has 0 saturated carbocycles. The molecule has 0 amide bonds. The summed E-state index contributed by atoms with van der Waals surface area (Å²) in [5.74, 6) is -0.0661. The Hall–Kier alpha value is -1.71. The third-order valence-electron chi connectivity index (χ3n) is 1.39. The molecule has 1 aromatic rings. The Kier molecular flexibility index (Phi) is 3.14. The minimum absolute atomic E-state index is 0.0661. The summed E-state index contributed by atoms with van der Waals surface area (Å²) in [6.07, 6.45) is 6.14. The summed E-state index contributed by atoms with van der Waals surface area (Å²) in [6.45, 7) is 0. The maximum Gasteiger partial charge on any atom is 0.188 e. The molecule has 0 aliphatic rings. The third kappa shape index (κ3) is 3.02. The van der Waals surface area contributed by atoms with Crippen LogP contribution in [0.1, 0.15) is 10.4 Å². The van der Waals surface area contributed by atoms with Crippen LogP contribution >= 0.6 is 0 Å². The van der Waals surface area contributed by atoms with E-state index in [1.165, 1.54) is 18.5 Å². The lowest BCUT2D eigenvalue weighted by Gasteiger charge is -2.02. The molecule has 68 valence electrons. The van der Waals surface area contributed by atoms with Gasteiger partial charge in [-0.1, -0.05) is 0 Å². The van der Waals surface area contributed by atoms with Crippen molar-refractivity contribution >= 4 is 5.78 Å². The predicted molar refractivity (Wildman–Crippen MR) is 49.2 cm³/mol.